The van der Waals surface area contributed by atoms with Crippen molar-refractivity contribution >= 4 is 15.9 Å². The van der Waals surface area contributed by atoms with E-state index in [0.29, 0.717) is 5.75 Å². The molecular formula is C16H23BrO3. The van der Waals surface area contributed by atoms with Crippen LogP contribution in [0.4, 0.5) is 0 Å². The molecule has 1 aromatic carbocycles. The first kappa shape index (κ1) is 15.6. The standard InChI is InChI=1S/C16H23BrO3/c1-16(2)7-5-6-11(16)15(18)10-8-14(20-4)12(17)9-13(10)19-3/h8-9,11,15,18H,5-7H2,1-4H3. The lowest BCUT2D eigenvalue weighted by Crippen LogP contribution is -2.24. The van der Waals surface area contributed by atoms with E-state index < -0.39 is 6.10 Å². The van der Waals surface area contributed by atoms with Crippen LogP contribution in [0.15, 0.2) is 16.6 Å². The van der Waals surface area contributed by atoms with E-state index in [2.05, 4.69) is 29.8 Å². The van der Waals surface area contributed by atoms with Gasteiger partial charge in [0, 0.05) is 5.56 Å². The third kappa shape index (κ3) is 2.82. The van der Waals surface area contributed by atoms with Gasteiger partial charge in [0.1, 0.15) is 11.5 Å². The number of hydrogen-bond acceptors (Lipinski definition) is 3. The molecule has 1 N–H and O–H groups in total. The first-order valence-electron chi connectivity index (χ1n) is 7.00. The Morgan fingerprint density at radius 1 is 1.25 bits per heavy atom. The highest BCUT2D eigenvalue weighted by atomic mass is 79.9. The molecule has 20 heavy (non-hydrogen) atoms. The number of ether oxygens (including phenoxy) is 2. The van der Waals surface area contributed by atoms with Crippen LogP contribution in [-0.2, 0) is 0 Å². The Balaban J connectivity index is 2.40. The first-order chi connectivity index (χ1) is 9.40. The highest BCUT2D eigenvalue weighted by molar-refractivity contribution is 9.10. The van der Waals surface area contributed by atoms with Gasteiger partial charge in [-0.05, 0) is 52.2 Å². The zero-order valence-electron chi connectivity index (χ0n) is 12.6. The molecule has 0 saturated heterocycles. The third-order valence-corrected chi connectivity index (χ3v) is 5.16. The molecule has 2 atom stereocenters. The van der Waals surface area contributed by atoms with Gasteiger partial charge in [0.2, 0.25) is 0 Å². The topological polar surface area (TPSA) is 38.7 Å². The van der Waals surface area contributed by atoms with Crippen LogP contribution in [0.5, 0.6) is 11.5 Å². The number of aliphatic hydroxyl groups excluding tert-OH is 1. The predicted molar refractivity (Wildman–Crippen MR) is 83.3 cm³/mol. The molecule has 3 nitrogen and oxygen atoms in total. The Hall–Kier alpha value is -0.740. The van der Waals surface area contributed by atoms with E-state index in [0.717, 1.165) is 28.6 Å². The summed E-state index contributed by atoms with van der Waals surface area (Å²) in [5.41, 5.74) is 0.970. The van der Waals surface area contributed by atoms with Gasteiger partial charge in [-0.1, -0.05) is 20.3 Å². The normalized spacial score (nSPS) is 22.6. The van der Waals surface area contributed by atoms with Crippen LogP contribution >= 0.6 is 15.9 Å². The van der Waals surface area contributed by atoms with Crippen LogP contribution in [0, 0.1) is 11.3 Å². The maximum atomic E-state index is 10.8. The molecule has 112 valence electrons. The first-order valence-corrected chi connectivity index (χ1v) is 7.79. The largest absolute Gasteiger partial charge is 0.496 e. The number of aliphatic hydroxyl groups is 1. The minimum absolute atomic E-state index is 0.157. The molecule has 0 heterocycles. The Bertz CT molecular complexity index is 485. The molecule has 0 bridgehead atoms. The monoisotopic (exact) mass is 342 g/mol. The van der Waals surface area contributed by atoms with E-state index in [4.69, 9.17) is 9.47 Å². The SMILES string of the molecule is COc1cc(C(O)C2CCCC2(C)C)c(OC)cc1Br. The van der Waals surface area contributed by atoms with Gasteiger partial charge in [-0.2, -0.15) is 0 Å². The zero-order chi connectivity index (χ0) is 14.9. The number of benzene rings is 1. The van der Waals surface area contributed by atoms with Gasteiger partial charge in [-0.25, -0.2) is 0 Å². The molecule has 1 aromatic rings. The molecule has 1 fully saturated rings. The summed E-state index contributed by atoms with van der Waals surface area (Å²) in [7, 11) is 3.26. The van der Waals surface area contributed by atoms with Crippen molar-refractivity contribution in [3.8, 4) is 11.5 Å². The number of methoxy groups -OCH3 is 2. The summed E-state index contributed by atoms with van der Waals surface area (Å²) in [6.45, 7) is 4.47. The maximum absolute atomic E-state index is 10.8. The Morgan fingerprint density at radius 2 is 1.90 bits per heavy atom. The summed E-state index contributed by atoms with van der Waals surface area (Å²) in [5.74, 6) is 1.67. The molecule has 1 aliphatic rings. The summed E-state index contributed by atoms with van der Waals surface area (Å²) in [6.07, 6.45) is 2.86. The van der Waals surface area contributed by atoms with E-state index in [9.17, 15) is 5.11 Å². The summed E-state index contributed by atoms with van der Waals surface area (Å²) in [6, 6.07) is 3.74. The fourth-order valence-corrected chi connectivity index (χ4v) is 3.76. The molecule has 0 aromatic heterocycles. The smallest absolute Gasteiger partial charge is 0.133 e. The van der Waals surface area contributed by atoms with Crippen molar-refractivity contribution in [2.75, 3.05) is 14.2 Å². The van der Waals surface area contributed by atoms with Crippen LogP contribution in [-0.4, -0.2) is 19.3 Å². The quantitative estimate of drug-likeness (QED) is 0.885. The van der Waals surface area contributed by atoms with E-state index in [-0.39, 0.29) is 11.3 Å². The van der Waals surface area contributed by atoms with Crippen LogP contribution in [0.1, 0.15) is 44.8 Å². The minimum atomic E-state index is -0.524. The van der Waals surface area contributed by atoms with E-state index in [1.165, 1.54) is 6.42 Å². The Kier molecular flexibility index (Phi) is 4.65. The highest BCUT2D eigenvalue weighted by Gasteiger charge is 2.40. The summed E-state index contributed by atoms with van der Waals surface area (Å²) in [5, 5.41) is 10.8. The fourth-order valence-electron chi connectivity index (χ4n) is 3.27. The molecular weight excluding hydrogens is 320 g/mol. The minimum Gasteiger partial charge on any atom is -0.496 e. The lowest BCUT2D eigenvalue weighted by atomic mass is 9.76. The zero-order valence-corrected chi connectivity index (χ0v) is 14.2. The maximum Gasteiger partial charge on any atom is 0.133 e. The van der Waals surface area contributed by atoms with E-state index in [1.54, 1.807) is 14.2 Å². The fraction of sp³-hybridized carbons (Fsp3) is 0.625. The van der Waals surface area contributed by atoms with Crippen molar-refractivity contribution in [3.05, 3.63) is 22.2 Å². The lowest BCUT2D eigenvalue weighted by Gasteiger charge is -2.32. The summed E-state index contributed by atoms with van der Waals surface area (Å²) < 4.78 is 11.6. The van der Waals surface area contributed by atoms with Crippen molar-refractivity contribution in [3.63, 3.8) is 0 Å². The van der Waals surface area contributed by atoms with Gasteiger partial charge >= 0.3 is 0 Å². The van der Waals surface area contributed by atoms with Gasteiger partial charge in [-0.15, -0.1) is 0 Å². The van der Waals surface area contributed by atoms with Crippen molar-refractivity contribution in [1.29, 1.82) is 0 Å². The van der Waals surface area contributed by atoms with Crippen molar-refractivity contribution in [2.24, 2.45) is 11.3 Å². The second-order valence-electron chi connectivity index (χ2n) is 6.16. The molecule has 1 aliphatic carbocycles. The number of rotatable bonds is 4. The van der Waals surface area contributed by atoms with Gasteiger partial charge in [-0.3, -0.25) is 0 Å². The molecule has 1 saturated carbocycles. The van der Waals surface area contributed by atoms with Gasteiger partial charge in [0.05, 0.1) is 24.8 Å². The van der Waals surface area contributed by atoms with Gasteiger partial charge in [0.15, 0.2) is 0 Å². The second-order valence-corrected chi connectivity index (χ2v) is 7.02. The average molecular weight is 343 g/mol. The molecule has 0 radical (unpaired) electrons. The molecule has 0 aliphatic heterocycles. The van der Waals surface area contributed by atoms with Crippen LogP contribution in [0.3, 0.4) is 0 Å². The molecule has 0 spiro atoms. The second kappa shape index (κ2) is 5.94. The van der Waals surface area contributed by atoms with Gasteiger partial charge < -0.3 is 14.6 Å². The summed E-state index contributed by atoms with van der Waals surface area (Å²) in [4.78, 5) is 0. The van der Waals surface area contributed by atoms with Crippen LogP contribution < -0.4 is 9.47 Å². The van der Waals surface area contributed by atoms with E-state index >= 15 is 0 Å². The van der Waals surface area contributed by atoms with Crippen molar-refractivity contribution < 1.29 is 14.6 Å². The van der Waals surface area contributed by atoms with Crippen molar-refractivity contribution in [1.82, 2.24) is 0 Å². The lowest BCUT2D eigenvalue weighted by molar-refractivity contribution is 0.0511. The number of halogens is 1. The molecule has 4 heteroatoms. The average Bonchev–Trinajstić information content (AvgIpc) is 2.77. The highest BCUT2D eigenvalue weighted by Crippen LogP contribution is 2.50. The number of hydrogen-bond donors (Lipinski definition) is 1. The molecule has 0 amide bonds. The van der Waals surface area contributed by atoms with E-state index in [1.807, 2.05) is 12.1 Å². The van der Waals surface area contributed by atoms with Crippen molar-refractivity contribution in [2.45, 2.75) is 39.2 Å². The Labute approximate surface area is 129 Å². The predicted octanol–water partition coefficient (Wildman–Crippen LogP) is 4.33. The van der Waals surface area contributed by atoms with Crippen LogP contribution in [0.2, 0.25) is 0 Å². The van der Waals surface area contributed by atoms with Gasteiger partial charge in [0.25, 0.3) is 0 Å². The summed E-state index contributed by atoms with van der Waals surface area (Å²) >= 11 is 3.45. The molecule has 2 unspecified atom stereocenters. The Morgan fingerprint density at radius 3 is 2.40 bits per heavy atom. The third-order valence-electron chi connectivity index (χ3n) is 4.54. The van der Waals surface area contributed by atoms with Crippen LogP contribution in [0.25, 0.3) is 0 Å². The molecule has 2 rings (SSSR count).